The molecular formula is C13H21BrN2O3S. The van der Waals surface area contributed by atoms with Crippen molar-refractivity contribution in [2.45, 2.75) is 50.6 Å². The number of halogens is 1. The first-order valence-electron chi connectivity index (χ1n) is 7.01. The minimum atomic E-state index is -3.47. The molecule has 0 radical (unpaired) electrons. The third-order valence-corrected chi connectivity index (χ3v) is 6.05. The molecule has 1 fully saturated rings. The van der Waals surface area contributed by atoms with E-state index in [1.807, 2.05) is 13.8 Å². The second kappa shape index (κ2) is 6.60. The maximum Gasteiger partial charge on any atom is 0.247 e. The summed E-state index contributed by atoms with van der Waals surface area (Å²) in [5.74, 6) is 0.629. The quantitative estimate of drug-likeness (QED) is 0.770. The second-order valence-corrected chi connectivity index (χ2v) is 7.56. The summed E-state index contributed by atoms with van der Waals surface area (Å²) >= 11 is 3.23. The van der Waals surface area contributed by atoms with E-state index in [2.05, 4.69) is 21.2 Å². The van der Waals surface area contributed by atoms with Crippen LogP contribution in [0.1, 0.15) is 38.9 Å². The van der Waals surface area contributed by atoms with Crippen LogP contribution in [0.2, 0.25) is 0 Å². The lowest BCUT2D eigenvalue weighted by molar-refractivity contribution is 0.401. The molecule has 0 spiro atoms. The fourth-order valence-electron chi connectivity index (χ4n) is 2.12. The third-order valence-electron chi connectivity index (χ3n) is 3.24. The van der Waals surface area contributed by atoms with Gasteiger partial charge in [0, 0.05) is 18.7 Å². The molecule has 0 bridgehead atoms. The summed E-state index contributed by atoms with van der Waals surface area (Å²) in [6.07, 6.45) is 2.73. The van der Waals surface area contributed by atoms with Gasteiger partial charge >= 0.3 is 0 Å². The normalized spacial score (nSPS) is 16.0. The Morgan fingerprint density at radius 3 is 2.70 bits per heavy atom. The van der Waals surface area contributed by atoms with E-state index < -0.39 is 10.0 Å². The Morgan fingerprint density at radius 1 is 1.45 bits per heavy atom. The van der Waals surface area contributed by atoms with E-state index in [1.165, 1.54) is 0 Å². The lowest BCUT2D eigenvalue weighted by Crippen LogP contribution is -2.33. The molecule has 0 aliphatic heterocycles. The first kappa shape index (κ1) is 16.0. The van der Waals surface area contributed by atoms with Gasteiger partial charge in [0.2, 0.25) is 10.0 Å². The van der Waals surface area contributed by atoms with Crippen molar-refractivity contribution >= 4 is 26.0 Å². The van der Waals surface area contributed by atoms with Gasteiger partial charge in [-0.1, -0.05) is 13.8 Å². The fraction of sp³-hybridized carbons (Fsp3) is 0.692. The second-order valence-electron chi connectivity index (χ2n) is 4.98. The number of rotatable bonds is 8. The predicted molar refractivity (Wildman–Crippen MR) is 81.0 cm³/mol. The molecule has 7 heteroatoms. The van der Waals surface area contributed by atoms with Crippen LogP contribution >= 0.6 is 15.9 Å². The highest BCUT2D eigenvalue weighted by atomic mass is 79.9. The molecule has 1 saturated carbocycles. The molecule has 1 aliphatic rings. The van der Waals surface area contributed by atoms with E-state index in [0.717, 1.165) is 25.8 Å². The Morgan fingerprint density at radius 2 is 2.15 bits per heavy atom. The van der Waals surface area contributed by atoms with Gasteiger partial charge in [-0.3, -0.25) is 0 Å². The number of nitrogens with one attached hydrogen (secondary N) is 1. The molecule has 0 aromatic carbocycles. The molecule has 1 aromatic heterocycles. The summed E-state index contributed by atoms with van der Waals surface area (Å²) in [6.45, 7) is 5.89. The van der Waals surface area contributed by atoms with Crippen LogP contribution in [0, 0.1) is 0 Å². The van der Waals surface area contributed by atoms with Crippen molar-refractivity contribution in [2.24, 2.45) is 0 Å². The van der Waals surface area contributed by atoms with Gasteiger partial charge < -0.3 is 9.73 Å². The monoisotopic (exact) mass is 364 g/mol. The van der Waals surface area contributed by atoms with Gasteiger partial charge in [0.1, 0.15) is 10.7 Å². The Bertz CT molecular complexity index is 552. The van der Waals surface area contributed by atoms with Gasteiger partial charge in [-0.05, 0) is 41.7 Å². The van der Waals surface area contributed by atoms with Crippen LogP contribution in [-0.4, -0.2) is 31.9 Å². The number of hydrogen-bond acceptors (Lipinski definition) is 4. The van der Waals surface area contributed by atoms with Crippen LogP contribution in [0.25, 0.3) is 0 Å². The van der Waals surface area contributed by atoms with E-state index in [-0.39, 0.29) is 10.9 Å². The summed E-state index contributed by atoms with van der Waals surface area (Å²) in [7, 11) is -3.47. The van der Waals surface area contributed by atoms with Crippen LogP contribution in [0.5, 0.6) is 0 Å². The van der Waals surface area contributed by atoms with Crippen molar-refractivity contribution in [3.63, 3.8) is 0 Å². The van der Waals surface area contributed by atoms with Crippen molar-refractivity contribution in [3.05, 3.63) is 16.5 Å². The van der Waals surface area contributed by atoms with Gasteiger partial charge in [0.15, 0.2) is 4.67 Å². The molecule has 5 nitrogen and oxygen atoms in total. The number of furan rings is 1. The maximum atomic E-state index is 12.7. The molecule has 0 amide bonds. The molecule has 1 heterocycles. The Kier molecular flexibility index (Phi) is 5.28. The minimum absolute atomic E-state index is 0.166. The molecule has 20 heavy (non-hydrogen) atoms. The van der Waals surface area contributed by atoms with Gasteiger partial charge in [0.25, 0.3) is 0 Å². The lowest BCUT2D eigenvalue weighted by Gasteiger charge is -2.20. The molecule has 114 valence electrons. The highest BCUT2D eigenvalue weighted by molar-refractivity contribution is 9.10. The van der Waals surface area contributed by atoms with Crippen molar-refractivity contribution in [1.82, 2.24) is 9.62 Å². The molecular weight excluding hydrogens is 344 g/mol. The van der Waals surface area contributed by atoms with E-state index in [1.54, 1.807) is 10.4 Å². The molecule has 2 rings (SSSR count). The SMILES string of the molecule is CCCN(C1CC1)S(=O)(=O)c1cc(CNCC)oc1Br. The third kappa shape index (κ3) is 3.44. The van der Waals surface area contributed by atoms with E-state index in [4.69, 9.17) is 4.42 Å². The van der Waals surface area contributed by atoms with Crippen molar-refractivity contribution in [2.75, 3.05) is 13.1 Å². The topological polar surface area (TPSA) is 62.6 Å². The molecule has 0 atom stereocenters. The molecule has 0 unspecified atom stereocenters. The summed E-state index contributed by atoms with van der Waals surface area (Å²) < 4.78 is 32.8. The van der Waals surface area contributed by atoms with Gasteiger partial charge in [-0.2, -0.15) is 4.31 Å². The molecule has 1 N–H and O–H groups in total. The Balaban J connectivity index is 2.25. The van der Waals surface area contributed by atoms with E-state index in [0.29, 0.717) is 23.5 Å². The molecule has 1 aromatic rings. The Labute approximate surface area is 128 Å². The van der Waals surface area contributed by atoms with Crippen molar-refractivity contribution in [3.8, 4) is 0 Å². The van der Waals surface area contributed by atoms with Gasteiger partial charge in [0.05, 0.1) is 6.54 Å². The molecule has 1 aliphatic carbocycles. The number of hydrogen-bond donors (Lipinski definition) is 1. The van der Waals surface area contributed by atoms with E-state index in [9.17, 15) is 8.42 Å². The van der Waals surface area contributed by atoms with Gasteiger partial charge in [-0.25, -0.2) is 8.42 Å². The fourth-order valence-corrected chi connectivity index (χ4v) is 4.86. The van der Waals surface area contributed by atoms with Crippen LogP contribution in [0.15, 0.2) is 20.0 Å². The summed E-state index contributed by atoms with van der Waals surface area (Å²) in [5, 5.41) is 3.12. The summed E-state index contributed by atoms with van der Waals surface area (Å²) in [5.41, 5.74) is 0. The minimum Gasteiger partial charge on any atom is -0.452 e. The molecule has 0 saturated heterocycles. The highest BCUT2D eigenvalue weighted by Crippen LogP contribution is 2.35. The predicted octanol–water partition coefficient (Wildman–Crippen LogP) is 2.71. The standard InChI is InChI=1S/C13H21BrN2O3S/c1-3-7-16(10-5-6-10)20(17,18)12-8-11(9-15-4-2)19-13(12)14/h8,10,15H,3-7,9H2,1-2H3. The smallest absolute Gasteiger partial charge is 0.247 e. The largest absolute Gasteiger partial charge is 0.452 e. The first-order valence-corrected chi connectivity index (χ1v) is 9.24. The Hall–Kier alpha value is -0.370. The zero-order chi connectivity index (χ0) is 14.8. The van der Waals surface area contributed by atoms with Crippen LogP contribution < -0.4 is 5.32 Å². The summed E-state index contributed by atoms with van der Waals surface area (Å²) in [4.78, 5) is 0.241. The number of nitrogens with zero attached hydrogens (tertiary/aromatic N) is 1. The number of sulfonamides is 1. The zero-order valence-corrected chi connectivity index (χ0v) is 14.3. The van der Waals surface area contributed by atoms with Crippen LogP contribution in [0.3, 0.4) is 0 Å². The van der Waals surface area contributed by atoms with Crippen molar-refractivity contribution in [1.29, 1.82) is 0 Å². The van der Waals surface area contributed by atoms with Gasteiger partial charge in [-0.15, -0.1) is 0 Å². The first-order chi connectivity index (χ1) is 9.50. The average molecular weight is 365 g/mol. The highest BCUT2D eigenvalue weighted by Gasteiger charge is 2.39. The average Bonchev–Trinajstić information content (AvgIpc) is 3.16. The lowest BCUT2D eigenvalue weighted by atomic mass is 10.4. The zero-order valence-electron chi connectivity index (χ0n) is 11.9. The van der Waals surface area contributed by atoms with Crippen LogP contribution in [-0.2, 0) is 16.6 Å². The van der Waals surface area contributed by atoms with E-state index >= 15 is 0 Å². The van der Waals surface area contributed by atoms with Crippen LogP contribution in [0.4, 0.5) is 0 Å². The summed E-state index contributed by atoms with van der Waals surface area (Å²) in [6, 6.07) is 1.78. The van der Waals surface area contributed by atoms with Crippen molar-refractivity contribution < 1.29 is 12.8 Å². The maximum absolute atomic E-state index is 12.7.